The molecule has 0 radical (unpaired) electrons. The molecule has 188 valence electrons. The molecule has 1 aromatic heterocycles. The Bertz CT molecular complexity index is 1160. The zero-order valence-corrected chi connectivity index (χ0v) is 20.6. The lowest BCUT2D eigenvalue weighted by Gasteiger charge is -2.26. The summed E-state index contributed by atoms with van der Waals surface area (Å²) >= 11 is 0. The molecule has 0 saturated carbocycles. The van der Waals surface area contributed by atoms with Crippen LogP contribution in [0.2, 0.25) is 0 Å². The number of aromatic nitrogens is 2. The van der Waals surface area contributed by atoms with Gasteiger partial charge in [0.1, 0.15) is 11.6 Å². The highest BCUT2D eigenvalue weighted by molar-refractivity contribution is 5.82. The SMILES string of the molecule is COc1cc(-c2nc3cc(OCCCN4CCOCC4)ccc3n2CC(C)NC(C)=O)ccc1F. The molecule has 0 spiro atoms. The molecule has 1 N–H and O–H groups in total. The summed E-state index contributed by atoms with van der Waals surface area (Å²) in [5.41, 5.74) is 2.40. The zero-order valence-electron chi connectivity index (χ0n) is 20.6. The number of carbonyl (C=O) groups is 1. The Hall–Kier alpha value is -3.17. The third-order valence-electron chi connectivity index (χ3n) is 6.03. The third kappa shape index (κ3) is 6.29. The Morgan fingerprint density at radius 3 is 2.77 bits per heavy atom. The molecule has 35 heavy (non-hydrogen) atoms. The van der Waals surface area contributed by atoms with Crippen molar-refractivity contribution in [3.63, 3.8) is 0 Å². The highest BCUT2D eigenvalue weighted by Crippen LogP contribution is 2.31. The fraction of sp³-hybridized carbons (Fsp3) is 0.462. The van der Waals surface area contributed by atoms with E-state index in [4.69, 9.17) is 19.2 Å². The van der Waals surface area contributed by atoms with Gasteiger partial charge in [-0.15, -0.1) is 0 Å². The van der Waals surface area contributed by atoms with Gasteiger partial charge in [-0.25, -0.2) is 9.37 Å². The van der Waals surface area contributed by atoms with E-state index in [1.54, 1.807) is 12.1 Å². The van der Waals surface area contributed by atoms with Crippen molar-refractivity contribution in [1.29, 1.82) is 0 Å². The van der Waals surface area contributed by atoms with E-state index in [-0.39, 0.29) is 17.7 Å². The Balaban J connectivity index is 1.56. The summed E-state index contributed by atoms with van der Waals surface area (Å²) in [7, 11) is 1.44. The third-order valence-corrected chi connectivity index (χ3v) is 6.03. The van der Waals surface area contributed by atoms with E-state index < -0.39 is 5.82 Å². The highest BCUT2D eigenvalue weighted by Gasteiger charge is 2.18. The molecule has 0 aliphatic carbocycles. The summed E-state index contributed by atoms with van der Waals surface area (Å²) in [6.45, 7) is 9.07. The average Bonchev–Trinajstić information content (AvgIpc) is 3.19. The van der Waals surface area contributed by atoms with Gasteiger partial charge in [0.15, 0.2) is 11.6 Å². The average molecular weight is 485 g/mol. The minimum absolute atomic E-state index is 0.0975. The van der Waals surface area contributed by atoms with E-state index in [0.717, 1.165) is 61.6 Å². The molecule has 0 bridgehead atoms. The molecule has 8 nitrogen and oxygen atoms in total. The van der Waals surface area contributed by atoms with Gasteiger partial charge in [-0.05, 0) is 43.7 Å². The number of methoxy groups -OCH3 is 1. The predicted molar refractivity (Wildman–Crippen MR) is 132 cm³/mol. The summed E-state index contributed by atoms with van der Waals surface area (Å²) in [6.07, 6.45) is 0.932. The van der Waals surface area contributed by atoms with Crippen molar-refractivity contribution in [2.24, 2.45) is 0 Å². The van der Waals surface area contributed by atoms with Crippen molar-refractivity contribution in [2.75, 3.05) is 46.6 Å². The number of morpholine rings is 1. The lowest BCUT2D eigenvalue weighted by atomic mass is 10.2. The highest BCUT2D eigenvalue weighted by atomic mass is 19.1. The van der Waals surface area contributed by atoms with Gasteiger partial charge in [0.2, 0.25) is 5.91 Å². The van der Waals surface area contributed by atoms with Crippen molar-refractivity contribution in [1.82, 2.24) is 19.8 Å². The number of amides is 1. The summed E-state index contributed by atoms with van der Waals surface area (Å²) in [5.74, 6) is 1.04. The van der Waals surface area contributed by atoms with E-state index in [9.17, 15) is 9.18 Å². The number of fused-ring (bicyclic) bond motifs is 1. The quantitative estimate of drug-likeness (QED) is 0.444. The lowest BCUT2D eigenvalue weighted by Crippen LogP contribution is -2.37. The van der Waals surface area contributed by atoms with Gasteiger partial charge in [-0.2, -0.15) is 0 Å². The Kier molecular flexibility index (Phi) is 8.20. The molecule has 2 aromatic carbocycles. The number of hydrogen-bond acceptors (Lipinski definition) is 6. The first-order chi connectivity index (χ1) is 16.9. The first-order valence-corrected chi connectivity index (χ1v) is 12.0. The van der Waals surface area contributed by atoms with Crippen molar-refractivity contribution in [3.05, 3.63) is 42.2 Å². The van der Waals surface area contributed by atoms with Gasteiger partial charge in [0, 0.05) is 50.8 Å². The molecule has 1 saturated heterocycles. The van der Waals surface area contributed by atoms with E-state index in [1.807, 2.05) is 29.7 Å². The molecule has 1 atom stereocenters. The zero-order chi connectivity index (χ0) is 24.8. The smallest absolute Gasteiger partial charge is 0.217 e. The summed E-state index contributed by atoms with van der Waals surface area (Å²) in [6, 6.07) is 10.4. The first-order valence-electron chi connectivity index (χ1n) is 12.0. The molecule has 2 heterocycles. The monoisotopic (exact) mass is 484 g/mol. The molecule has 1 fully saturated rings. The first kappa shape index (κ1) is 24.9. The van der Waals surface area contributed by atoms with Crippen LogP contribution in [0, 0.1) is 5.82 Å². The molecule has 1 unspecified atom stereocenters. The van der Waals surface area contributed by atoms with Gasteiger partial charge >= 0.3 is 0 Å². The number of carbonyl (C=O) groups excluding carboxylic acids is 1. The van der Waals surface area contributed by atoms with Crippen LogP contribution in [0.15, 0.2) is 36.4 Å². The number of halogens is 1. The van der Waals surface area contributed by atoms with Crippen molar-refractivity contribution in [2.45, 2.75) is 32.9 Å². The van der Waals surface area contributed by atoms with Gasteiger partial charge in [0.05, 0.1) is 38.0 Å². The second-order valence-electron chi connectivity index (χ2n) is 8.80. The van der Waals surface area contributed by atoms with Gasteiger partial charge in [-0.1, -0.05) is 0 Å². The normalized spacial score (nSPS) is 15.2. The lowest BCUT2D eigenvalue weighted by molar-refractivity contribution is -0.119. The number of nitrogens with one attached hydrogen (secondary N) is 1. The maximum Gasteiger partial charge on any atom is 0.217 e. The molecule has 1 aliphatic heterocycles. The summed E-state index contributed by atoms with van der Waals surface area (Å²) in [4.78, 5) is 18.8. The number of ether oxygens (including phenoxy) is 3. The molecule has 4 rings (SSSR count). The topological polar surface area (TPSA) is 77.9 Å². The number of hydrogen-bond donors (Lipinski definition) is 1. The van der Waals surface area contributed by atoms with Gasteiger partial charge < -0.3 is 24.1 Å². The standard InChI is InChI=1S/C26H33FN4O4/c1-18(28-19(2)32)17-31-24-8-6-21(35-12-4-9-30-10-13-34-14-11-30)16-23(24)29-26(31)20-5-7-22(27)25(15-20)33-3/h5-8,15-16,18H,4,9-14,17H2,1-3H3,(H,28,32). The second-order valence-corrected chi connectivity index (χ2v) is 8.80. The van der Waals surface area contributed by atoms with E-state index in [0.29, 0.717) is 19.0 Å². The largest absolute Gasteiger partial charge is 0.494 e. The van der Waals surface area contributed by atoms with E-state index in [2.05, 4.69) is 10.2 Å². The molecule has 9 heteroatoms. The number of benzene rings is 2. The van der Waals surface area contributed by atoms with Crippen molar-refractivity contribution >= 4 is 16.9 Å². The Labute approximate surface area is 205 Å². The number of imidazole rings is 1. The number of nitrogens with zero attached hydrogens (tertiary/aromatic N) is 3. The van der Waals surface area contributed by atoms with Crippen LogP contribution >= 0.6 is 0 Å². The van der Waals surface area contributed by atoms with Crippen molar-refractivity contribution < 1.29 is 23.4 Å². The summed E-state index contributed by atoms with van der Waals surface area (Å²) < 4.78 is 32.6. The van der Waals surface area contributed by atoms with Crippen LogP contribution in [0.1, 0.15) is 20.3 Å². The van der Waals surface area contributed by atoms with Crippen LogP contribution in [0.4, 0.5) is 4.39 Å². The van der Waals surface area contributed by atoms with Crippen LogP contribution in [-0.2, 0) is 16.1 Å². The van der Waals surface area contributed by atoms with Crippen LogP contribution in [-0.4, -0.2) is 73.0 Å². The van der Waals surface area contributed by atoms with Crippen molar-refractivity contribution in [3.8, 4) is 22.9 Å². The van der Waals surface area contributed by atoms with Crippen LogP contribution < -0.4 is 14.8 Å². The molecule has 3 aromatic rings. The Morgan fingerprint density at radius 1 is 1.23 bits per heavy atom. The number of rotatable bonds is 10. The minimum Gasteiger partial charge on any atom is -0.494 e. The van der Waals surface area contributed by atoms with Gasteiger partial charge in [-0.3, -0.25) is 9.69 Å². The molecular formula is C26H33FN4O4. The maximum absolute atomic E-state index is 14.0. The van der Waals surface area contributed by atoms with Crippen LogP contribution in [0.25, 0.3) is 22.4 Å². The minimum atomic E-state index is -0.432. The maximum atomic E-state index is 14.0. The fourth-order valence-electron chi connectivity index (χ4n) is 4.37. The van der Waals surface area contributed by atoms with Crippen LogP contribution in [0.5, 0.6) is 11.5 Å². The predicted octanol–water partition coefficient (Wildman–Crippen LogP) is 3.48. The van der Waals surface area contributed by atoms with E-state index in [1.165, 1.54) is 20.1 Å². The fourth-order valence-corrected chi connectivity index (χ4v) is 4.37. The van der Waals surface area contributed by atoms with E-state index >= 15 is 0 Å². The Morgan fingerprint density at radius 2 is 2.03 bits per heavy atom. The second kappa shape index (κ2) is 11.5. The van der Waals surface area contributed by atoms with Crippen LogP contribution in [0.3, 0.4) is 0 Å². The molecule has 1 aliphatic rings. The summed E-state index contributed by atoms with van der Waals surface area (Å²) in [5, 5.41) is 2.92. The van der Waals surface area contributed by atoms with Gasteiger partial charge in [0.25, 0.3) is 0 Å². The molecule has 1 amide bonds. The molecular weight excluding hydrogens is 451 g/mol.